The van der Waals surface area contributed by atoms with E-state index in [0.29, 0.717) is 11.6 Å². The lowest BCUT2D eigenvalue weighted by atomic mass is 10.1. The number of aliphatic hydroxyl groups is 1. The Morgan fingerprint density at radius 1 is 1.21 bits per heavy atom. The summed E-state index contributed by atoms with van der Waals surface area (Å²) < 4.78 is 1.73. The number of hydrogen-bond donors (Lipinski definition) is 1. The third-order valence-electron chi connectivity index (χ3n) is 2.98. The highest BCUT2D eigenvalue weighted by atomic mass is 16.3. The molecule has 19 heavy (non-hydrogen) atoms. The second-order valence-electron chi connectivity index (χ2n) is 5.21. The van der Waals surface area contributed by atoms with Gasteiger partial charge in [0, 0.05) is 12.1 Å². The number of aromatic nitrogens is 4. The normalized spacial score (nSPS) is 11.5. The van der Waals surface area contributed by atoms with Crippen LogP contribution in [0, 0.1) is 0 Å². The lowest BCUT2D eigenvalue weighted by Gasteiger charge is -2.10. The van der Waals surface area contributed by atoms with Gasteiger partial charge < -0.3 is 5.11 Å². The molecule has 0 atom stereocenters. The van der Waals surface area contributed by atoms with Crippen LogP contribution in [0.5, 0.6) is 0 Å². The highest BCUT2D eigenvalue weighted by Gasteiger charge is 2.12. The second kappa shape index (κ2) is 5.48. The molecule has 0 aliphatic rings. The molecule has 0 aromatic carbocycles. The molecular weight excluding hydrogens is 240 g/mol. The van der Waals surface area contributed by atoms with Gasteiger partial charge in [0.25, 0.3) is 0 Å². The van der Waals surface area contributed by atoms with Gasteiger partial charge in [-0.15, -0.1) is 0 Å². The predicted octanol–water partition coefficient (Wildman–Crippen LogP) is 2.40. The Kier molecular flexibility index (Phi) is 3.95. The van der Waals surface area contributed by atoms with Gasteiger partial charge in [0.2, 0.25) is 0 Å². The zero-order valence-corrected chi connectivity index (χ0v) is 11.8. The van der Waals surface area contributed by atoms with Crippen molar-refractivity contribution in [3.8, 4) is 5.69 Å². The molecule has 0 fully saturated rings. The number of rotatable bonds is 4. The van der Waals surface area contributed by atoms with Crippen molar-refractivity contribution in [3.05, 3.63) is 35.7 Å². The van der Waals surface area contributed by atoms with Crippen LogP contribution in [0.3, 0.4) is 0 Å². The lowest BCUT2D eigenvalue weighted by Crippen LogP contribution is -2.08. The van der Waals surface area contributed by atoms with Gasteiger partial charge >= 0.3 is 0 Å². The molecule has 2 rings (SSSR count). The molecular formula is C14H20N4O. The number of aliphatic hydroxyl groups excluding tert-OH is 1. The van der Waals surface area contributed by atoms with Gasteiger partial charge in [0.1, 0.15) is 11.5 Å². The third kappa shape index (κ3) is 2.81. The molecule has 102 valence electrons. The average Bonchev–Trinajstić information content (AvgIpc) is 2.87. The van der Waals surface area contributed by atoms with Gasteiger partial charge in [-0.3, -0.25) is 0 Å². The van der Waals surface area contributed by atoms with E-state index in [4.69, 9.17) is 0 Å². The SMILES string of the molecule is CC(C)c1ccn(-c2cnc(C(C)C)nc2CO)n1. The van der Waals surface area contributed by atoms with Crippen molar-refractivity contribution in [3.63, 3.8) is 0 Å². The van der Waals surface area contributed by atoms with Gasteiger partial charge in [-0.05, 0) is 12.0 Å². The first-order valence-corrected chi connectivity index (χ1v) is 6.55. The standard InChI is InChI=1S/C14H20N4O/c1-9(2)11-5-6-18(17-11)13-7-15-14(10(3)4)16-12(13)8-19/h5-7,9-10,19H,8H2,1-4H3. The maximum atomic E-state index is 9.47. The van der Waals surface area contributed by atoms with E-state index >= 15 is 0 Å². The Morgan fingerprint density at radius 3 is 2.47 bits per heavy atom. The van der Waals surface area contributed by atoms with E-state index in [9.17, 15) is 5.11 Å². The molecule has 0 bridgehead atoms. The summed E-state index contributed by atoms with van der Waals surface area (Å²) in [6.07, 6.45) is 3.60. The van der Waals surface area contributed by atoms with Gasteiger partial charge in [0.05, 0.1) is 24.2 Å². The summed E-state index contributed by atoms with van der Waals surface area (Å²) in [5.41, 5.74) is 2.35. The van der Waals surface area contributed by atoms with Crippen LogP contribution in [-0.2, 0) is 6.61 Å². The predicted molar refractivity (Wildman–Crippen MR) is 73.3 cm³/mol. The van der Waals surface area contributed by atoms with Crippen LogP contribution in [0.2, 0.25) is 0 Å². The number of nitrogens with zero attached hydrogens (tertiary/aromatic N) is 4. The topological polar surface area (TPSA) is 63.8 Å². The molecule has 0 aliphatic carbocycles. The van der Waals surface area contributed by atoms with E-state index in [0.717, 1.165) is 17.2 Å². The maximum Gasteiger partial charge on any atom is 0.131 e. The van der Waals surface area contributed by atoms with E-state index in [2.05, 4.69) is 28.9 Å². The summed E-state index contributed by atoms with van der Waals surface area (Å²) in [4.78, 5) is 8.73. The quantitative estimate of drug-likeness (QED) is 0.916. The smallest absolute Gasteiger partial charge is 0.131 e. The summed E-state index contributed by atoms with van der Waals surface area (Å²) in [6.45, 7) is 8.13. The van der Waals surface area contributed by atoms with Crippen LogP contribution in [0.1, 0.15) is 56.7 Å². The van der Waals surface area contributed by atoms with E-state index in [1.54, 1.807) is 10.9 Å². The van der Waals surface area contributed by atoms with E-state index in [-0.39, 0.29) is 12.5 Å². The maximum absolute atomic E-state index is 9.47. The van der Waals surface area contributed by atoms with Crippen molar-refractivity contribution in [1.82, 2.24) is 19.7 Å². The fraction of sp³-hybridized carbons (Fsp3) is 0.500. The first-order valence-electron chi connectivity index (χ1n) is 6.55. The van der Waals surface area contributed by atoms with Crippen molar-refractivity contribution in [1.29, 1.82) is 0 Å². The van der Waals surface area contributed by atoms with Crippen LogP contribution in [0.25, 0.3) is 5.69 Å². The van der Waals surface area contributed by atoms with Gasteiger partial charge in [0.15, 0.2) is 0 Å². The fourth-order valence-electron chi connectivity index (χ4n) is 1.79. The van der Waals surface area contributed by atoms with Crippen molar-refractivity contribution in [2.75, 3.05) is 0 Å². The molecule has 2 aromatic rings. The monoisotopic (exact) mass is 260 g/mol. The molecule has 2 aromatic heterocycles. The summed E-state index contributed by atoms with van der Waals surface area (Å²) in [5.74, 6) is 1.35. The highest BCUT2D eigenvalue weighted by molar-refractivity contribution is 5.34. The highest BCUT2D eigenvalue weighted by Crippen LogP contribution is 2.18. The minimum atomic E-state index is -0.117. The Labute approximate surface area is 113 Å². The number of hydrogen-bond acceptors (Lipinski definition) is 4. The molecule has 5 heteroatoms. The Bertz CT molecular complexity index is 560. The van der Waals surface area contributed by atoms with Crippen LogP contribution < -0.4 is 0 Å². The minimum Gasteiger partial charge on any atom is -0.390 e. The minimum absolute atomic E-state index is 0.117. The zero-order valence-electron chi connectivity index (χ0n) is 11.8. The van der Waals surface area contributed by atoms with Gasteiger partial charge in [-0.2, -0.15) is 5.10 Å². The third-order valence-corrected chi connectivity index (χ3v) is 2.98. The molecule has 5 nitrogen and oxygen atoms in total. The molecule has 0 unspecified atom stereocenters. The first kappa shape index (κ1) is 13.7. The van der Waals surface area contributed by atoms with E-state index in [1.807, 2.05) is 26.1 Å². The second-order valence-corrected chi connectivity index (χ2v) is 5.21. The Hall–Kier alpha value is -1.75. The van der Waals surface area contributed by atoms with Crippen LogP contribution in [0.4, 0.5) is 0 Å². The Morgan fingerprint density at radius 2 is 1.95 bits per heavy atom. The van der Waals surface area contributed by atoms with Crippen LogP contribution >= 0.6 is 0 Å². The summed E-state index contributed by atoms with van der Waals surface area (Å²) in [5, 5.41) is 14.0. The summed E-state index contributed by atoms with van der Waals surface area (Å²) >= 11 is 0. The fourth-order valence-corrected chi connectivity index (χ4v) is 1.79. The van der Waals surface area contributed by atoms with E-state index in [1.165, 1.54) is 0 Å². The first-order chi connectivity index (χ1) is 9.02. The molecule has 0 saturated carbocycles. The van der Waals surface area contributed by atoms with Crippen molar-refractivity contribution >= 4 is 0 Å². The van der Waals surface area contributed by atoms with Crippen LogP contribution in [-0.4, -0.2) is 24.9 Å². The zero-order chi connectivity index (χ0) is 14.0. The van der Waals surface area contributed by atoms with E-state index < -0.39 is 0 Å². The van der Waals surface area contributed by atoms with Gasteiger partial charge in [-0.1, -0.05) is 27.7 Å². The lowest BCUT2D eigenvalue weighted by molar-refractivity contribution is 0.275. The molecule has 0 spiro atoms. The average molecular weight is 260 g/mol. The molecule has 0 aliphatic heterocycles. The molecule has 0 saturated heterocycles. The largest absolute Gasteiger partial charge is 0.390 e. The van der Waals surface area contributed by atoms with Crippen molar-refractivity contribution < 1.29 is 5.11 Å². The summed E-state index contributed by atoms with van der Waals surface area (Å²) in [6, 6.07) is 1.97. The molecule has 1 N–H and O–H groups in total. The van der Waals surface area contributed by atoms with Crippen LogP contribution in [0.15, 0.2) is 18.5 Å². The van der Waals surface area contributed by atoms with Crippen molar-refractivity contribution in [2.24, 2.45) is 0 Å². The molecule has 0 amide bonds. The summed E-state index contributed by atoms with van der Waals surface area (Å²) in [7, 11) is 0. The van der Waals surface area contributed by atoms with Gasteiger partial charge in [-0.25, -0.2) is 14.6 Å². The Balaban J connectivity index is 2.43. The van der Waals surface area contributed by atoms with Crippen molar-refractivity contribution in [2.45, 2.75) is 46.1 Å². The molecule has 2 heterocycles. The molecule has 0 radical (unpaired) electrons.